The number of anilines is 1. The van der Waals surface area contributed by atoms with Crippen LogP contribution >= 0.6 is 0 Å². The smallest absolute Gasteiger partial charge is 0.126 e. The minimum atomic E-state index is 0.526. The molecule has 1 saturated carbocycles. The Morgan fingerprint density at radius 2 is 1.89 bits per heavy atom. The van der Waals surface area contributed by atoms with E-state index in [1.807, 2.05) is 6.20 Å². The van der Waals surface area contributed by atoms with Gasteiger partial charge in [-0.1, -0.05) is 50.6 Å². The molecule has 1 aromatic rings. The van der Waals surface area contributed by atoms with Crippen molar-refractivity contribution in [2.75, 3.05) is 11.9 Å². The number of nitrogens with zero attached hydrogens (tertiary/aromatic N) is 1. The van der Waals surface area contributed by atoms with Crippen molar-refractivity contribution in [3.8, 4) is 0 Å². The molecule has 1 fully saturated rings. The van der Waals surface area contributed by atoms with Crippen molar-refractivity contribution >= 4 is 5.82 Å². The van der Waals surface area contributed by atoms with Crippen molar-refractivity contribution in [3.63, 3.8) is 0 Å². The molecule has 2 nitrogen and oxygen atoms in total. The highest BCUT2D eigenvalue weighted by molar-refractivity contribution is 5.40. The third-order valence-corrected chi connectivity index (χ3v) is 5.94. The summed E-state index contributed by atoms with van der Waals surface area (Å²) in [5.41, 5.74) is 5.65. The van der Waals surface area contributed by atoms with Crippen LogP contribution < -0.4 is 5.32 Å². The molecule has 27 heavy (non-hydrogen) atoms. The van der Waals surface area contributed by atoms with Crippen molar-refractivity contribution < 1.29 is 0 Å². The summed E-state index contributed by atoms with van der Waals surface area (Å²) >= 11 is 0. The molecule has 1 aromatic heterocycles. The van der Waals surface area contributed by atoms with Gasteiger partial charge in [-0.15, -0.1) is 0 Å². The van der Waals surface area contributed by atoms with Gasteiger partial charge in [-0.05, 0) is 87.0 Å². The highest BCUT2D eigenvalue weighted by Gasteiger charge is 2.23. The van der Waals surface area contributed by atoms with Gasteiger partial charge in [0.15, 0.2) is 0 Å². The van der Waals surface area contributed by atoms with Crippen LogP contribution in [0.5, 0.6) is 0 Å². The third-order valence-electron chi connectivity index (χ3n) is 5.94. The van der Waals surface area contributed by atoms with Crippen LogP contribution in [0.3, 0.4) is 0 Å². The van der Waals surface area contributed by atoms with Gasteiger partial charge in [-0.25, -0.2) is 4.98 Å². The van der Waals surface area contributed by atoms with E-state index in [0.29, 0.717) is 11.8 Å². The average molecular weight is 367 g/mol. The lowest BCUT2D eigenvalue weighted by atomic mass is 9.76. The van der Waals surface area contributed by atoms with E-state index in [1.165, 1.54) is 48.0 Å². The lowest BCUT2D eigenvalue weighted by Crippen LogP contribution is -2.17. The van der Waals surface area contributed by atoms with Gasteiger partial charge in [0.2, 0.25) is 0 Å². The molecule has 0 atom stereocenters. The fraction of sp³-hybridized carbons (Fsp3) is 0.560. The molecule has 1 aliphatic carbocycles. The van der Waals surface area contributed by atoms with Crippen LogP contribution in [-0.2, 0) is 0 Å². The number of pyridine rings is 1. The van der Waals surface area contributed by atoms with Crippen LogP contribution in [0, 0.1) is 11.8 Å². The van der Waals surface area contributed by atoms with Crippen molar-refractivity contribution in [1.29, 1.82) is 0 Å². The molecule has 0 spiro atoms. The third kappa shape index (κ3) is 6.68. The molecule has 0 amide bonds. The number of allylic oxidation sites excluding steroid dienone is 4. The minimum Gasteiger partial charge on any atom is -0.367 e. The Labute approximate surface area is 166 Å². The predicted molar refractivity (Wildman–Crippen MR) is 119 cm³/mol. The maximum atomic E-state index is 4.47. The fourth-order valence-corrected chi connectivity index (χ4v) is 3.83. The summed E-state index contributed by atoms with van der Waals surface area (Å²) in [5.74, 6) is 2.90. The molecular weight excluding hydrogens is 328 g/mol. The molecule has 0 saturated heterocycles. The highest BCUT2D eigenvalue weighted by atomic mass is 15.0. The van der Waals surface area contributed by atoms with Crippen molar-refractivity contribution in [3.05, 3.63) is 59.3 Å². The van der Waals surface area contributed by atoms with Crippen molar-refractivity contribution in [2.24, 2.45) is 11.8 Å². The standard InChI is InChI=1S/C25H38N2/c1-7-20(6)16-24(22-10-8-21(9-11-22)18(2)3)13-15-27-25-17-23(19(4)5)12-14-26-25/h12-14,16-17,19,21-22H,2,7-11,15H2,1,3-6H3,(H,26,27)/b20-16+,24-13+. The first-order valence-corrected chi connectivity index (χ1v) is 10.6. The Bertz CT molecular complexity index is 673. The van der Waals surface area contributed by atoms with Crippen LogP contribution in [0.1, 0.15) is 78.2 Å². The van der Waals surface area contributed by atoms with E-state index >= 15 is 0 Å². The number of hydrogen-bond donors (Lipinski definition) is 1. The normalized spacial score (nSPS) is 21.4. The summed E-state index contributed by atoms with van der Waals surface area (Å²) in [6.07, 6.45) is 12.9. The van der Waals surface area contributed by atoms with E-state index in [0.717, 1.165) is 24.7 Å². The fourth-order valence-electron chi connectivity index (χ4n) is 3.83. The Morgan fingerprint density at radius 3 is 2.48 bits per heavy atom. The molecule has 0 aliphatic heterocycles. The Hall–Kier alpha value is -1.83. The molecule has 1 heterocycles. The molecule has 1 N–H and O–H groups in total. The molecule has 0 radical (unpaired) electrons. The van der Waals surface area contributed by atoms with Gasteiger partial charge in [0.25, 0.3) is 0 Å². The molecule has 1 aliphatic rings. The summed E-state index contributed by atoms with van der Waals surface area (Å²) in [7, 11) is 0. The summed E-state index contributed by atoms with van der Waals surface area (Å²) < 4.78 is 0. The highest BCUT2D eigenvalue weighted by Crippen LogP contribution is 2.36. The lowest BCUT2D eigenvalue weighted by molar-refractivity contribution is 0.337. The maximum absolute atomic E-state index is 4.47. The van der Waals surface area contributed by atoms with Gasteiger partial charge in [0, 0.05) is 12.7 Å². The Kier molecular flexibility index (Phi) is 8.34. The second-order valence-electron chi connectivity index (χ2n) is 8.45. The van der Waals surface area contributed by atoms with Crippen LogP contribution in [-0.4, -0.2) is 11.5 Å². The zero-order valence-corrected chi connectivity index (χ0v) is 18.0. The lowest BCUT2D eigenvalue weighted by Gasteiger charge is -2.30. The summed E-state index contributed by atoms with van der Waals surface area (Å²) in [6.45, 7) is 16.1. The van der Waals surface area contributed by atoms with E-state index in [2.05, 4.69) is 75.8 Å². The average Bonchev–Trinajstić information content (AvgIpc) is 2.67. The van der Waals surface area contributed by atoms with E-state index in [-0.39, 0.29) is 0 Å². The zero-order valence-electron chi connectivity index (χ0n) is 18.0. The zero-order chi connectivity index (χ0) is 19.8. The Morgan fingerprint density at radius 1 is 1.22 bits per heavy atom. The van der Waals surface area contributed by atoms with Crippen LogP contribution in [0.4, 0.5) is 5.82 Å². The summed E-state index contributed by atoms with van der Waals surface area (Å²) in [4.78, 5) is 4.47. The van der Waals surface area contributed by atoms with E-state index < -0.39 is 0 Å². The first-order valence-electron chi connectivity index (χ1n) is 10.6. The van der Waals surface area contributed by atoms with Gasteiger partial charge in [-0.2, -0.15) is 0 Å². The van der Waals surface area contributed by atoms with E-state index in [4.69, 9.17) is 0 Å². The number of hydrogen-bond acceptors (Lipinski definition) is 2. The SMILES string of the molecule is C=C(C)C1CCC(C(=C/CNc2cc(C(C)C)ccn2)/C=C(\C)CC)CC1. The molecule has 0 aromatic carbocycles. The van der Waals surface area contributed by atoms with Gasteiger partial charge >= 0.3 is 0 Å². The summed E-state index contributed by atoms with van der Waals surface area (Å²) in [5, 5.41) is 3.50. The monoisotopic (exact) mass is 366 g/mol. The van der Waals surface area contributed by atoms with Crippen molar-refractivity contribution in [1.82, 2.24) is 4.98 Å². The number of aromatic nitrogens is 1. The van der Waals surface area contributed by atoms with Crippen molar-refractivity contribution in [2.45, 2.75) is 72.6 Å². The molecule has 0 bridgehead atoms. The quantitative estimate of drug-likeness (QED) is 0.386. The van der Waals surface area contributed by atoms with Gasteiger partial charge in [0.05, 0.1) is 0 Å². The molecule has 2 rings (SSSR count). The molecule has 2 heteroatoms. The second-order valence-corrected chi connectivity index (χ2v) is 8.45. The summed E-state index contributed by atoms with van der Waals surface area (Å²) in [6, 6.07) is 4.27. The first-order chi connectivity index (χ1) is 12.9. The second kappa shape index (κ2) is 10.5. The predicted octanol–water partition coefficient (Wildman–Crippen LogP) is 7.28. The Balaban J connectivity index is 2.05. The molecule has 0 unspecified atom stereocenters. The molecular formula is C25H38N2. The van der Waals surface area contributed by atoms with Gasteiger partial charge < -0.3 is 5.32 Å². The van der Waals surface area contributed by atoms with E-state index in [9.17, 15) is 0 Å². The van der Waals surface area contributed by atoms with E-state index in [1.54, 1.807) is 0 Å². The number of rotatable bonds is 8. The van der Waals surface area contributed by atoms with Crippen LogP contribution in [0.15, 0.2) is 53.8 Å². The largest absolute Gasteiger partial charge is 0.367 e. The van der Waals surface area contributed by atoms with Crippen LogP contribution in [0.25, 0.3) is 0 Å². The molecule has 148 valence electrons. The topological polar surface area (TPSA) is 24.9 Å². The van der Waals surface area contributed by atoms with Gasteiger partial charge in [0.1, 0.15) is 5.82 Å². The first kappa shape index (κ1) is 21.5. The van der Waals surface area contributed by atoms with Gasteiger partial charge in [-0.3, -0.25) is 0 Å². The number of nitrogens with one attached hydrogen (secondary N) is 1. The maximum Gasteiger partial charge on any atom is 0.126 e. The minimum absolute atomic E-state index is 0.526. The van der Waals surface area contributed by atoms with Crippen LogP contribution in [0.2, 0.25) is 0 Å².